The molecule has 0 saturated carbocycles. The predicted molar refractivity (Wildman–Crippen MR) is 98.7 cm³/mol. The number of hydrogen-bond donors (Lipinski definition) is 2. The Morgan fingerprint density at radius 1 is 1.24 bits per heavy atom. The molecule has 1 fully saturated rings. The number of sulfonamides is 1. The van der Waals surface area contributed by atoms with Crippen molar-refractivity contribution in [3.63, 3.8) is 0 Å². The first-order valence-electron chi connectivity index (χ1n) is 8.70. The molecule has 1 aromatic carbocycles. The van der Waals surface area contributed by atoms with Gasteiger partial charge < -0.3 is 9.64 Å². The van der Waals surface area contributed by atoms with Crippen LogP contribution in [0, 0.1) is 5.82 Å². The maximum absolute atomic E-state index is 14.0. The topological polar surface area (TPSA) is 139 Å². The molecule has 0 atom stereocenters. The molecule has 0 unspecified atom stereocenters. The number of tetrazole rings is 1. The van der Waals surface area contributed by atoms with Gasteiger partial charge in [0.25, 0.3) is 0 Å². The third-order valence-corrected chi connectivity index (χ3v) is 5.68. The van der Waals surface area contributed by atoms with Gasteiger partial charge in [0.2, 0.25) is 15.8 Å². The fourth-order valence-electron chi connectivity index (χ4n) is 2.80. The van der Waals surface area contributed by atoms with Crippen LogP contribution in [-0.4, -0.2) is 65.3 Å². The molecule has 11 nitrogen and oxygen atoms in total. The summed E-state index contributed by atoms with van der Waals surface area (Å²) in [5.41, 5.74) is -0.0767. The SMILES string of the molecule is O=S(=O)(NCc1nccc(N2CCOCC2)n1)c1ccc(F)c(-c2nn[nH]n2)c1. The quantitative estimate of drug-likeness (QED) is 0.569. The summed E-state index contributed by atoms with van der Waals surface area (Å²) in [5, 5.41) is 12.9. The van der Waals surface area contributed by atoms with Crippen molar-refractivity contribution in [3.05, 3.63) is 42.1 Å². The Hall–Kier alpha value is -3.03. The second-order valence-electron chi connectivity index (χ2n) is 6.13. The van der Waals surface area contributed by atoms with E-state index in [4.69, 9.17) is 4.74 Å². The fraction of sp³-hybridized carbons (Fsp3) is 0.312. The van der Waals surface area contributed by atoms with Crippen molar-refractivity contribution in [2.75, 3.05) is 31.2 Å². The van der Waals surface area contributed by atoms with Gasteiger partial charge in [0, 0.05) is 19.3 Å². The predicted octanol–water partition coefficient (Wildman–Crippen LogP) is 0.111. The summed E-state index contributed by atoms with van der Waals surface area (Å²) in [7, 11) is -3.94. The lowest BCUT2D eigenvalue weighted by molar-refractivity contribution is 0.122. The zero-order valence-corrected chi connectivity index (χ0v) is 15.9. The Balaban J connectivity index is 1.50. The largest absolute Gasteiger partial charge is 0.378 e. The van der Waals surface area contributed by atoms with E-state index in [0.717, 1.165) is 18.2 Å². The zero-order valence-electron chi connectivity index (χ0n) is 15.1. The molecule has 0 aliphatic carbocycles. The highest BCUT2D eigenvalue weighted by Crippen LogP contribution is 2.22. The molecule has 3 heterocycles. The highest BCUT2D eigenvalue weighted by Gasteiger charge is 2.19. The highest BCUT2D eigenvalue weighted by atomic mass is 32.2. The van der Waals surface area contributed by atoms with E-state index in [9.17, 15) is 12.8 Å². The van der Waals surface area contributed by atoms with E-state index < -0.39 is 15.8 Å². The Kier molecular flexibility index (Phi) is 5.42. The lowest BCUT2D eigenvalue weighted by Crippen LogP contribution is -2.37. The van der Waals surface area contributed by atoms with Crippen molar-refractivity contribution in [1.82, 2.24) is 35.3 Å². The lowest BCUT2D eigenvalue weighted by Gasteiger charge is -2.27. The molecule has 1 aliphatic rings. The van der Waals surface area contributed by atoms with Gasteiger partial charge >= 0.3 is 0 Å². The van der Waals surface area contributed by atoms with Crippen molar-refractivity contribution in [1.29, 1.82) is 0 Å². The molecule has 13 heteroatoms. The van der Waals surface area contributed by atoms with Gasteiger partial charge in [0.15, 0.2) is 0 Å². The Morgan fingerprint density at radius 3 is 2.83 bits per heavy atom. The van der Waals surface area contributed by atoms with Crippen LogP contribution in [-0.2, 0) is 21.3 Å². The third kappa shape index (κ3) is 4.36. The number of morpholine rings is 1. The summed E-state index contributed by atoms with van der Waals surface area (Å²) < 4.78 is 47.1. The maximum atomic E-state index is 14.0. The number of rotatable bonds is 6. The van der Waals surface area contributed by atoms with Crippen LogP contribution in [0.1, 0.15) is 5.82 Å². The smallest absolute Gasteiger partial charge is 0.241 e. The zero-order chi connectivity index (χ0) is 20.3. The van der Waals surface area contributed by atoms with Crippen molar-refractivity contribution < 1.29 is 17.5 Å². The minimum atomic E-state index is -3.94. The summed E-state index contributed by atoms with van der Waals surface area (Å²) >= 11 is 0. The summed E-state index contributed by atoms with van der Waals surface area (Å²) in [5.74, 6) is 0.324. The molecule has 1 saturated heterocycles. The minimum absolute atomic E-state index is 0.0407. The third-order valence-electron chi connectivity index (χ3n) is 4.28. The second-order valence-corrected chi connectivity index (χ2v) is 7.90. The normalized spacial score (nSPS) is 14.9. The van der Waals surface area contributed by atoms with Crippen LogP contribution >= 0.6 is 0 Å². The summed E-state index contributed by atoms with van der Waals surface area (Å²) in [6.45, 7) is 2.52. The first-order valence-corrected chi connectivity index (χ1v) is 10.2. The molecule has 4 rings (SSSR count). The Morgan fingerprint density at radius 2 is 2.07 bits per heavy atom. The van der Waals surface area contributed by atoms with Gasteiger partial charge in [-0.05, 0) is 29.5 Å². The van der Waals surface area contributed by atoms with Crippen LogP contribution in [0.15, 0.2) is 35.4 Å². The van der Waals surface area contributed by atoms with Gasteiger partial charge in [-0.15, -0.1) is 10.2 Å². The molecule has 0 amide bonds. The number of H-pyrrole nitrogens is 1. The van der Waals surface area contributed by atoms with Crippen molar-refractivity contribution in [2.24, 2.45) is 0 Å². The number of halogens is 1. The number of hydrogen-bond acceptors (Lipinski definition) is 9. The van der Waals surface area contributed by atoms with E-state index >= 15 is 0 Å². The number of aromatic amines is 1. The monoisotopic (exact) mass is 420 g/mol. The number of nitrogens with one attached hydrogen (secondary N) is 2. The van der Waals surface area contributed by atoms with Gasteiger partial charge in [-0.2, -0.15) is 5.21 Å². The molecule has 152 valence electrons. The minimum Gasteiger partial charge on any atom is -0.378 e. The van der Waals surface area contributed by atoms with Gasteiger partial charge in [0.1, 0.15) is 17.5 Å². The first-order chi connectivity index (χ1) is 14.0. The van der Waals surface area contributed by atoms with E-state index in [-0.39, 0.29) is 22.8 Å². The van der Waals surface area contributed by atoms with Crippen molar-refractivity contribution in [2.45, 2.75) is 11.4 Å². The van der Waals surface area contributed by atoms with Crippen LogP contribution in [0.2, 0.25) is 0 Å². The number of anilines is 1. The van der Waals surface area contributed by atoms with Gasteiger partial charge in [0.05, 0.1) is 30.2 Å². The van der Waals surface area contributed by atoms with Crippen molar-refractivity contribution in [3.8, 4) is 11.4 Å². The lowest BCUT2D eigenvalue weighted by atomic mass is 10.2. The molecule has 3 aromatic rings. The number of ether oxygens (including phenoxy) is 1. The Bertz CT molecular complexity index is 1090. The second kappa shape index (κ2) is 8.14. The summed E-state index contributed by atoms with van der Waals surface area (Å²) in [4.78, 5) is 10.4. The first kappa shape index (κ1) is 19.3. The van der Waals surface area contributed by atoms with Crippen LogP contribution < -0.4 is 9.62 Å². The molecule has 1 aliphatic heterocycles. The van der Waals surface area contributed by atoms with Crippen molar-refractivity contribution >= 4 is 15.8 Å². The van der Waals surface area contributed by atoms with Gasteiger partial charge in [-0.25, -0.2) is 27.5 Å². The molecule has 2 N–H and O–H groups in total. The summed E-state index contributed by atoms with van der Waals surface area (Å²) in [6, 6.07) is 5.11. The number of benzene rings is 1. The molecular weight excluding hydrogens is 403 g/mol. The average Bonchev–Trinajstić information content (AvgIpc) is 3.28. The molecular formula is C16H17FN8O3S. The number of aromatic nitrogens is 6. The van der Waals surface area contributed by atoms with Crippen LogP contribution in [0.25, 0.3) is 11.4 Å². The molecule has 0 spiro atoms. The van der Waals surface area contributed by atoms with E-state index in [1.165, 1.54) is 0 Å². The van der Waals surface area contributed by atoms with Crippen LogP contribution in [0.4, 0.5) is 10.2 Å². The van der Waals surface area contributed by atoms with E-state index in [0.29, 0.717) is 37.9 Å². The maximum Gasteiger partial charge on any atom is 0.241 e. The Labute approximate surface area is 165 Å². The fourth-order valence-corrected chi connectivity index (χ4v) is 3.81. The van der Waals surface area contributed by atoms with E-state index in [1.807, 2.05) is 4.90 Å². The molecule has 0 bridgehead atoms. The number of nitrogens with zero attached hydrogens (tertiary/aromatic N) is 6. The van der Waals surface area contributed by atoms with E-state index in [2.05, 4.69) is 35.3 Å². The standard InChI is InChI=1S/C16H17FN8O3S/c17-13-2-1-11(9-12(13)16-21-23-24-22-16)29(26,27)19-10-14-18-4-3-15(20-14)25-5-7-28-8-6-25/h1-4,9,19H,5-8,10H2,(H,21,22,23,24). The summed E-state index contributed by atoms with van der Waals surface area (Å²) in [6.07, 6.45) is 1.58. The average molecular weight is 420 g/mol. The van der Waals surface area contributed by atoms with E-state index in [1.54, 1.807) is 12.3 Å². The molecule has 29 heavy (non-hydrogen) atoms. The molecule has 0 radical (unpaired) electrons. The van der Waals surface area contributed by atoms with Gasteiger partial charge in [-0.3, -0.25) is 0 Å². The molecule has 2 aromatic heterocycles. The van der Waals surface area contributed by atoms with Crippen LogP contribution in [0.3, 0.4) is 0 Å². The highest BCUT2D eigenvalue weighted by molar-refractivity contribution is 7.89. The van der Waals surface area contributed by atoms with Gasteiger partial charge in [-0.1, -0.05) is 0 Å². The van der Waals surface area contributed by atoms with Crippen LogP contribution in [0.5, 0.6) is 0 Å².